The van der Waals surface area contributed by atoms with Gasteiger partial charge in [0.2, 0.25) is 5.78 Å². The van der Waals surface area contributed by atoms with Crippen LogP contribution in [0.3, 0.4) is 0 Å². The Morgan fingerprint density at radius 1 is 1.14 bits per heavy atom. The zero-order valence-corrected chi connectivity index (χ0v) is 16.0. The number of anilines is 1. The molecule has 1 aromatic heterocycles. The van der Waals surface area contributed by atoms with E-state index in [0.29, 0.717) is 28.8 Å². The van der Waals surface area contributed by atoms with Gasteiger partial charge in [-0.15, -0.1) is 0 Å². The van der Waals surface area contributed by atoms with Crippen molar-refractivity contribution in [2.45, 2.75) is 6.42 Å². The van der Waals surface area contributed by atoms with E-state index >= 15 is 0 Å². The van der Waals surface area contributed by atoms with Crippen LogP contribution in [0.4, 0.5) is 10.1 Å². The van der Waals surface area contributed by atoms with Gasteiger partial charge in [-0.2, -0.15) is 0 Å². The molecule has 2 aromatic carbocycles. The fourth-order valence-electron chi connectivity index (χ4n) is 2.89. The van der Waals surface area contributed by atoms with Crippen molar-refractivity contribution in [1.82, 2.24) is 4.98 Å². The maximum atomic E-state index is 13.4. The summed E-state index contributed by atoms with van der Waals surface area (Å²) >= 11 is 0. The predicted octanol–water partition coefficient (Wildman–Crippen LogP) is 4.13. The molecule has 1 atom stereocenters. The molecule has 2 heterocycles. The Hall–Kier alpha value is -3.56. The number of benzene rings is 2. The highest BCUT2D eigenvalue weighted by molar-refractivity contribution is 7.91. The summed E-state index contributed by atoms with van der Waals surface area (Å²) in [5.74, 6) is 5.33. The van der Waals surface area contributed by atoms with Gasteiger partial charge in [0, 0.05) is 29.9 Å². The third kappa shape index (κ3) is 4.31. The predicted molar refractivity (Wildman–Crippen MR) is 112 cm³/mol. The molecule has 4 rings (SSSR count). The first kappa shape index (κ1) is 18.8. The van der Waals surface area contributed by atoms with Crippen LogP contribution in [0, 0.1) is 17.7 Å². The Morgan fingerprint density at radius 3 is 2.83 bits per heavy atom. The number of hydrogen-bond donors (Lipinski definition) is 1. The van der Waals surface area contributed by atoms with E-state index in [2.05, 4.69) is 21.5 Å². The van der Waals surface area contributed by atoms with E-state index in [9.17, 15) is 13.4 Å². The summed E-state index contributed by atoms with van der Waals surface area (Å²) in [5.41, 5.74) is 3.04. The molecular formula is C23H15FN2O2S. The highest BCUT2D eigenvalue weighted by Crippen LogP contribution is 2.29. The number of carbonyl (C=O) groups is 1. The number of allylic oxidation sites excluding steroid dienone is 1. The number of ketones is 1. The molecule has 0 saturated heterocycles. The minimum absolute atomic E-state index is 0.0727. The van der Waals surface area contributed by atoms with Crippen LogP contribution in [0.2, 0.25) is 0 Å². The number of aromatic nitrogens is 1. The molecule has 4 nitrogen and oxygen atoms in total. The molecular weight excluding hydrogens is 387 g/mol. The van der Waals surface area contributed by atoms with Crippen LogP contribution in [-0.2, 0) is 17.4 Å². The lowest BCUT2D eigenvalue weighted by molar-refractivity contribution is 0.104. The Bertz CT molecular complexity index is 1210. The monoisotopic (exact) mass is 402 g/mol. The van der Waals surface area contributed by atoms with Crippen molar-refractivity contribution in [2.75, 3.05) is 4.72 Å². The first-order valence-corrected chi connectivity index (χ1v) is 9.97. The second-order valence-electron chi connectivity index (χ2n) is 6.36. The zero-order valence-electron chi connectivity index (χ0n) is 15.2. The van der Waals surface area contributed by atoms with Crippen molar-refractivity contribution in [3.63, 3.8) is 0 Å². The summed E-state index contributed by atoms with van der Waals surface area (Å²) < 4.78 is 28.7. The van der Waals surface area contributed by atoms with E-state index in [1.807, 2.05) is 12.1 Å². The minimum Gasteiger partial charge on any atom is -0.300 e. The molecule has 1 N–H and O–H groups in total. The van der Waals surface area contributed by atoms with Gasteiger partial charge in [0.15, 0.2) is 11.0 Å². The highest BCUT2D eigenvalue weighted by Gasteiger charge is 2.27. The second-order valence-corrected chi connectivity index (χ2v) is 7.55. The molecule has 0 radical (unpaired) electrons. The van der Waals surface area contributed by atoms with Crippen LogP contribution in [0.1, 0.15) is 27.0 Å². The summed E-state index contributed by atoms with van der Waals surface area (Å²) in [7, 11) is -1.72. The van der Waals surface area contributed by atoms with Gasteiger partial charge < -0.3 is 4.72 Å². The van der Waals surface area contributed by atoms with Gasteiger partial charge in [0.1, 0.15) is 10.7 Å². The molecule has 0 spiro atoms. The van der Waals surface area contributed by atoms with E-state index in [1.54, 1.807) is 36.7 Å². The maximum Gasteiger partial charge on any atom is 0.205 e. The lowest BCUT2D eigenvalue weighted by Gasteiger charge is -2.19. The zero-order chi connectivity index (χ0) is 20.2. The Balaban J connectivity index is 1.62. The van der Waals surface area contributed by atoms with Crippen LogP contribution in [0.15, 0.2) is 71.9 Å². The Morgan fingerprint density at radius 2 is 2.03 bits per heavy atom. The van der Waals surface area contributed by atoms with Crippen molar-refractivity contribution in [3.8, 4) is 11.8 Å². The molecule has 0 bridgehead atoms. The topological polar surface area (TPSA) is 59.1 Å². The van der Waals surface area contributed by atoms with Crippen LogP contribution >= 0.6 is 0 Å². The maximum absolute atomic E-state index is 13.4. The fraction of sp³-hybridized carbons (Fsp3) is 0.0435. The van der Waals surface area contributed by atoms with Gasteiger partial charge >= 0.3 is 0 Å². The number of halogens is 1. The minimum atomic E-state index is -1.72. The molecule has 0 fully saturated rings. The fourth-order valence-corrected chi connectivity index (χ4v) is 3.90. The van der Waals surface area contributed by atoms with Crippen LogP contribution in [0.5, 0.6) is 0 Å². The molecule has 1 unspecified atom stereocenters. The van der Waals surface area contributed by atoms with E-state index in [1.165, 1.54) is 24.3 Å². The largest absolute Gasteiger partial charge is 0.300 e. The molecule has 29 heavy (non-hydrogen) atoms. The van der Waals surface area contributed by atoms with Gasteiger partial charge in [-0.1, -0.05) is 30.0 Å². The Kier molecular flexibility index (Phi) is 5.32. The first-order chi connectivity index (χ1) is 14.1. The molecule has 6 heteroatoms. The van der Waals surface area contributed by atoms with Crippen molar-refractivity contribution in [2.24, 2.45) is 0 Å². The molecule has 0 amide bonds. The van der Waals surface area contributed by atoms with Crippen LogP contribution in [0.25, 0.3) is 6.08 Å². The summed E-state index contributed by atoms with van der Waals surface area (Å²) in [6, 6.07) is 14.7. The van der Waals surface area contributed by atoms with E-state index < -0.39 is 16.8 Å². The third-order valence-corrected chi connectivity index (χ3v) is 5.39. The van der Waals surface area contributed by atoms with Crippen molar-refractivity contribution < 1.29 is 13.4 Å². The van der Waals surface area contributed by atoms with Gasteiger partial charge in [-0.05, 0) is 53.6 Å². The van der Waals surface area contributed by atoms with E-state index in [0.717, 1.165) is 5.56 Å². The van der Waals surface area contributed by atoms with Crippen molar-refractivity contribution >= 4 is 28.5 Å². The number of pyridine rings is 1. The number of hydrogen-bond acceptors (Lipinski definition) is 3. The van der Waals surface area contributed by atoms with Crippen molar-refractivity contribution in [3.05, 3.63) is 100.0 Å². The number of fused-ring (bicyclic) bond motifs is 1. The molecule has 1 aliphatic rings. The van der Waals surface area contributed by atoms with Gasteiger partial charge in [-0.25, -0.2) is 8.60 Å². The number of Topliss-reactive ketones (excluding diaryl/α,β-unsaturated/α-hetero) is 1. The summed E-state index contributed by atoms with van der Waals surface area (Å²) in [4.78, 5) is 17.0. The molecule has 142 valence electrons. The van der Waals surface area contributed by atoms with Gasteiger partial charge in [0.25, 0.3) is 0 Å². The smallest absolute Gasteiger partial charge is 0.205 e. The summed E-state index contributed by atoms with van der Waals surface area (Å²) in [5, 5.41) is 0. The summed E-state index contributed by atoms with van der Waals surface area (Å²) in [6.45, 7) is 0. The highest BCUT2D eigenvalue weighted by atomic mass is 32.2. The molecule has 3 aromatic rings. The average molecular weight is 402 g/mol. The normalized spacial score (nSPS) is 16.5. The summed E-state index contributed by atoms with van der Waals surface area (Å²) in [6.07, 6.45) is 5.45. The SMILES string of the molecule is O=C1/C(=C\c2cccc(F)c2)S(=O)Nc2ccc(C#CCc3cccnc3)cc21. The number of nitrogens with zero attached hydrogens (tertiary/aromatic N) is 1. The Labute approximate surface area is 170 Å². The second kappa shape index (κ2) is 8.21. The van der Waals surface area contributed by atoms with Crippen LogP contribution < -0.4 is 4.72 Å². The molecule has 0 aliphatic carbocycles. The van der Waals surface area contributed by atoms with Crippen molar-refractivity contribution in [1.29, 1.82) is 0 Å². The number of carbonyl (C=O) groups excluding carboxylic acids is 1. The molecule has 1 aliphatic heterocycles. The van der Waals surface area contributed by atoms with Crippen LogP contribution in [-0.4, -0.2) is 15.0 Å². The molecule has 0 saturated carbocycles. The number of nitrogens with one attached hydrogen (secondary N) is 1. The quantitative estimate of drug-likeness (QED) is 0.518. The lowest BCUT2D eigenvalue weighted by atomic mass is 10.0. The third-order valence-electron chi connectivity index (χ3n) is 4.28. The van der Waals surface area contributed by atoms with E-state index in [-0.39, 0.29) is 10.7 Å². The van der Waals surface area contributed by atoms with Gasteiger partial charge in [-0.3, -0.25) is 9.78 Å². The standard InChI is InChI=1S/C23H15FN2O2S/c24-19-8-2-6-18(12-19)14-22-23(27)20-13-16(9-10-21(20)26-29(22)28)4-1-5-17-7-3-11-25-15-17/h2-3,6-15,26H,5H2/b22-14+. The van der Waals surface area contributed by atoms with Gasteiger partial charge in [0.05, 0.1) is 5.69 Å². The lowest BCUT2D eigenvalue weighted by Crippen LogP contribution is -2.22. The van der Waals surface area contributed by atoms with E-state index in [4.69, 9.17) is 0 Å². The number of rotatable bonds is 2. The first-order valence-electron chi connectivity index (χ1n) is 8.82. The average Bonchev–Trinajstić information content (AvgIpc) is 2.72.